The summed E-state index contributed by atoms with van der Waals surface area (Å²) in [5.41, 5.74) is 0. The number of carbonyl (C=O) groups excluding carboxylic acids is 4. The van der Waals surface area contributed by atoms with Gasteiger partial charge < -0.3 is 10.6 Å². The number of amides is 4. The average molecular weight is 468 g/mol. The Labute approximate surface area is 201 Å². The van der Waals surface area contributed by atoms with Gasteiger partial charge in [-0.15, -0.1) is 0 Å². The van der Waals surface area contributed by atoms with Crippen molar-refractivity contribution in [2.45, 2.75) is 106 Å². The summed E-state index contributed by atoms with van der Waals surface area (Å²) in [5.74, 6) is 0.301. The molecule has 192 valence electrons. The summed E-state index contributed by atoms with van der Waals surface area (Å²) >= 11 is 0. The first-order valence-corrected chi connectivity index (χ1v) is 13.3. The standard InChI is InChI=1S/C22H37N3O4.2C2H6/c1-3-12-23-19(26)7-5-4-6-13-24-21(28)18-10-8-17(9-11-18)15-25-20(27)14-16(2)22(25)29;2*1-2/h16-18H,3-15H2,1-2H3,(H,23,26)(H,24,28);2*1-2H3. The highest BCUT2D eigenvalue weighted by Crippen LogP contribution is 2.31. The third-order valence-corrected chi connectivity index (χ3v) is 6.08. The van der Waals surface area contributed by atoms with Crippen molar-refractivity contribution in [3.8, 4) is 0 Å². The smallest absolute Gasteiger partial charge is 0.232 e. The number of unbranched alkanes of at least 4 members (excludes halogenated alkanes) is 2. The Morgan fingerprint density at radius 1 is 0.909 bits per heavy atom. The molecule has 0 radical (unpaired) electrons. The predicted octanol–water partition coefficient (Wildman–Crippen LogP) is 4.44. The molecule has 1 saturated heterocycles. The molecule has 0 aromatic rings. The number of hydrogen-bond acceptors (Lipinski definition) is 4. The van der Waals surface area contributed by atoms with Gasteiger partial charge in [0, 0.05) is 44.3 Å². The second-order valence-corrected chi connectivity index (χ2v) is 8.62. The minimum atomic E-state index is -0.185. The van der Waals surface area contributed by atoms with E-state index in [1.807, 2.05) is 41.5 Å². The molecule has 33 heavy (non-hydrogen) atoms. The third-order valence-electron chi connectivity index (χ3n) is 6.08. The highest BCUT2D eigenvalue weighted by atomic mass is 16.2. The lowest BCUT2D eigenvalue weighted by molar-refractivity contribution is -0.140. The molecule has 0 aromatic heterocycles. The van der Waals surface area contributed by atoms with Crippen molar-refractivity contribution in [3.63, 3.8) is 0 Å². The Morgan fingerprint density at radius 3 is 2.09 bits per heavy atom. The van der Waals surface area contributed by atoms with E-state index in [2.05, 4.69) is 10.6 Å². The number of imide groups is 1. The van der Waals surface area contributed by atoms with Gasteiger partial charge in [0.15, 0.2) is 0 Å². The number of carbonyl (C=O) groups is 4. The minimum Gasteiger partial charge on any atom is -0.356 e. The molecule has 1 saturated carbocycles. The normalized spacial score (nSPS) is 22.0. The van der Waals surface area contributed by atoms with E-state index in [0.29, 0.717) is 31.8 Å². The molecule has 7 nitrogen and oxygen atoms in total. The molecular weight excluding hydrogens is 418 g/mol. The monoisotopic (exact) mass is 467 g/mol. The first-order chi connectivity index (χ1) is 15.9. The van der Waals surface area contributed by atoms with Crippen LogP contribution in [0.15, 0.2) is 0 Å². The van der Waals surface area contributed by atoms with Crippen LogP contribution in [0.4, 0.5) is 0 Å². The van der Waals surface area contributed by atoms with Gasteiger partial charge in [-0.1, -0.05) is 48.0 Å². The van der Waals surface area contributed by atoms with Crippen LogP contribution in [0.5, 0.6) is 0 Å². The summed E-state index contributed by atoms with van der Waals surface area (Å²) in [6.45, 7) is 13.8. The van der Waals surface area contributed by atoms with Gasteiger partial charge >= 0.3 is 0 Å². The fraction of sp³-hybridized carbons (Fsp3) is 0.846. The van der Waals surface area contributed by atoms with Gasteiger partial charge in [0.2, 0.25) is 23.6 Å². The van der Waals surface area contributed by atoms with Crippen LogP contribution in [-0.2, 0) is 19.2 Å². The summed E-state index contributed by atoms with van der Waals surface area (Å²) in [6, 6.07) is 0. The highest BCUT2D eigenvalue weighted by Gasteiger charge is 2.37. The molecule has 1 aliphatic heterocycles. The zero-order valence-corrected chi connectivity index (χ0v) is 22.0. The summed E-state index contributed by atoms with van der Waals surface area (Å²) in [7, 11) is 0. The number of rotatable bonds is 11. The van der Waals surface area contributed by atoms with E-state index < -0.39 is 0 Å². The molecule has 1 heterocycles. The van der Waals surface area contributed by atoms with Crippen LogP contribution in [0.1, 0.15) is 106 Å². The predicted molar refractivity (Wildman–Crippen MR) is 133 cm³/mol. The molecule has 1 unspecified atom stereocenters. The maximum absolute atomic E-state index is 12.4. The fourth-order valence-corrected chi connectivity index (χ4v) is 4.20. The lowest BCUT2D eigenvalue weighted by Gasteiger charge is -2.30. The van der Waals surface area contributed by atoms with Crippen LogP contribution in [0.25, 0.3) is 0 Å². The Bertz CT molecular complexity index is 586. The van der Waals surface area contributed by atoms with Crippen LogP contribution >= 0.6 is 0 Å². The van der Waals surface area contributed by atoms with E-state index in [0.717, 1.165) is 57.9 Å². The maximum atomic E-state index is 12.4. The van der Waals surface area contributed by atoms with Gasteiger partial charge in [-0.05, 0) is 50.9 Å². The number of likely N-dealkylation sites (tertiary alicyclic amines) is 1. The van der Waals surface area contributed by atoms with Crippen molar-refractivity contribution in [2.24, 2.45) is 17.8 Å². The first kappa shape index (κ1) is 31.1. The van der Waals surface area contributed by atoms with Crippen LogP contribution in [0.3, 0.4) is 0 Å². The summed E-state index contributed by atoms with van der Waals surface area (Å²) in [4.78, 5) is 49.3. The van der Waals surface area contributed by atoms with Gasteiger partial charge in [-0.25, -0.2) is 0 Å². The second-order valence-electron chi connectivity index (χ2n) is 8.62. The van der Waals surface area contributed by atoms with Crippen LogP contribution in [-0.4, -0.2) is 48.2 Å². The Morgan fingerprint density at radius 2 is 1.55 bits per heavy atom. The average Bonchev–Trinajstić information content (AvgIpc) is 3.08. The molecule has 2 N–H and O–H groups in total. The maximum Gasteiger partial charge on any atom is 0.232 e. The largest absolute Gasteiger partial charge is 0.356 e. The molecule has 0 spiro atoms. The van der Waals surface area contributed by atoms with Gasteiger partial charge in [-0.3, -0.25) is 24.1 Å². The SMILES string of the molecule is CC.CC.CCCNC(=O)CCCCCNC(=O)C1CCC(CN2C(=O)CC(C)C2=O)CC1. The molecule has 1 atom stereocenters. The fourth-order valence-electron chi connectivity index (χ4n) is 4.20. The zero-order chi connectivity index (χ0) is 25.2. The van der Waals surface area contributed by atoms with E-state index >= 15 is 0 Å². The van der Waals surface area contributed by atoms with E-state index in [-0.39, 0.29) is 35.5 Å². The quantitative estimate of drug-likeness (QED) is 0.347. The van der Waals surface area contributed by atoms with Crippen LogP contribution in [0.2, 0.25) is 0 Å². The molecular formula is C26H49N3O4. The van der Waals surface area contributed by atoms with Crippen molar-refractivity contribution in [2.75, 3.05) is 19.6 Å². The Balaban J connectivity index is 0.00000242. The number of nitrogens with one attached hydrogen (secondary N) is 2. The van der Waals surface area contributed by atoms with E-state index in [1.54, 1.807) is 0 Å². The second kappa shape index (κ2) is 18.5. The van der Waals surface area contributed by atoms with E-state index in [4.69, 9.17) is 0 Å². The molecule has 1 aliphatic carbocycles. The van der Waals surface area contributed by atoms with Gasteiger partial charge in [0.05, 0.1) is 0 Å². The van der Waals surface area contributed by atoms with Gasteiger partial charge in [0.1, 0.15) is 0 Å². The van der Waals surface area contributed by atoms with Gasteiger partial charge in [-0.2, -0.15) is 0 Å². The Hall–Kier alpha value is -1.92. The molecule has 2 rings (SSSR count). The van der Waals surface area contributed by atoms with Crippen molar-refractivity contribution in [3.05, 3.63) is 0 Å². The van der Waals surface area contributed by atoms with Crippen LogP contribution < -0.4 is 10.6 Å². The Kier molecular flexibility index (Phi) is 17.4. The zero-order valence-electron chi connectivity index (χ0n) is 22.0. The van der Waals surface area contributed by atoms with Crippen molar-refractivity contribution in [1.29, 1.82) is 0 Å². The highest BCUT2D eigenvalue weighted by molar-refractivity contribution is 6.03. The number of hydrogen-bond donors (Lipinski definition) is 2. The minimum absolute atomic E-state index is 0.0370. The lowest BCUT2D eigenvalue weighted by Crippen LogP contribution is -2.38. The molecule has 7 heteroatoms. The molecule has 4 amide bonds. The van der Waals surface area contributed by atoms with Crippen molar-refractivity contribution in [1.82, 2.24) is 15.5 Å². The van der Waals surface area contributed by atoms with Crippen molar-refractivity contribution < 1.29 is 19.2 Å². The van der Waals surface area contributed by atoms with Gasteiger partial charge in [0.25, 0.3) is 0 Å². The van der Waals surface area contributed by atoms with Crippen molar-refractivity contribution >= 4 is 23.6 Å². The first-order valence-electron chi connectivity index (χ1n) is 13.3. The summed E-state index contributed by atoms with van der Waals surface area (Å²) in [5, 5.41) is 5.89. The summed E-state index contributed by atoms with van der Waals surface area (Å²) in [6.07, 6.45) is 7.92. The molecule has 0 bridgehead atoms. The van der Waals surface area contributed by atoms with E-state index in [1.165, 1.54) is 4.90 Å². The van der Waals surface area contributed by atoms with E-state index in [9.17, 15) is 19.2 Å². The molecule has 2 aliphatic rings. The lowest BCUT2D eigenvalue weighted by atomic mass is 9.81. The third kappa shape index (κ3) is 11.7. The molecule has 2 fully saturated rings. The van der Waals surface area contributed by atoms with Crippen LogP contribution in [0, 0.1) is 17.8 Å². The molecule has 0 aromatic carbocycles. The number of nitrogens with zero attached hydrogens (tertiary/aromatic N) is 1. The topological polar surface area (TPSA) is 95.6 Å². The summed E-state index contributed by atoms with van der Waals surface area (Å²) < 4.78 is 0.